The first kappa shape index (κ1) is 21.4. The van der Waals surface area contributed by atoms with Crippen molar-refractivity contribution in [2.45, 2.75) is 11.7 Å². The molecule has 0 saturated heterocycles. The fourth-order valence-corrected chi connectivity index (χ4v) is 4.22. The summed E-state index contributed by atoms with van der Waals surface area (Å²) in [5.41, 5.74) is 6.11. The maximum Gasteiger partial charge on any atom is 0.250 e. The second kappa shape index (κ2) is 10.0. The van der Waals surface area contributed by atoms with Crippen molar-refractivity contribution in [2.24, 2.45) is 5.10 Å². The van der Waals surface area contributed by atoms with Gasteiger partial charge in [-0.2, -0.15) is 5.10 Å². The Labute approximate surface area is 194 Å². The molecule has 31 heavy (non-hydrogen) atoms. The highest BCUT2D eigenvalue weighted by atomic mass is 35.5. The van der Waals surface area contributed by atoms with Crippen LogP contribution < -0.4 is 5.43 Å². The normalized spacial score (nSPS) is 11.3. The van der Waals surface area contributed by atoms with E-state index in [9.17, 15) is 4.79 Å². The molecule has 5 nitrogen and oxygen atoms in total. The molecule has 4 rings (SSSR count). The van der Waals surface area contributed by atoms with E-state index in [0.717, 1.165) is 27.3 Å². The molecule has 0 fully saturated rings. The number of hydrogen-bond donors (Lipinski definition) is 1. The minimum absolute atomic E-state index is 0.172. The van der Waals surface area contributed by atoms with Gasteiger partial charge in [-0.15, -0.1) is 0 Å². The third-order valence-corrected chi connectivity index (χ3v) is 6.23. The van der Waals surface area contributed by atoms with Crippen molar-refractivity contribution in [1.82, 2.24) is 15.0 Å². The number of fused-ring (bicyclic) bond motifs is 1. The SMILES string of the molecule is O=C(CSc1nc2ccccc2n1Cc1ccccc1Cl)NN=Cc1ccccc1Cl. The zero-order valence-corrected chi connectivity index (χ0v) is 18.7. The molecule has 0 aliphatic heterocycles. The number of nitrogens with zero attached hydrogens (tertiary/aromatic N) is 3. The van der Waals surface area contributed by atoms with Crippen LogP contribution in [-0.4, -0.2) is 27.4 Å². The Balaban J connectivity index is 1.47. The molecule has 1 aromatic heterocycles. The highest BCUT2D eigenvalue weighted by Crippen LogP contribution is 2.27. The van der Waals surface area contributed by atoms with Crippen LogP contribution in [0.25, 0.3) is 11.0 Å². The number of amides is 1. The summed E-state index contributed by atoms with van der Waals surface area (Å²) < 4.78 is 2.07. The van der Waals surface area contributed by atoms with Gasteiger partial charge in [-0.1, -0.05) is 83.5 Å². The van der Waals surface area contributed by atoms with Gasteiger partial charge in [-0.05, 0) is 29.8 Å². The summed E-state index contributed by atoms with van der Waals surface area (Å²) in [4.78, 5) is 17.0. The smallest absolute Gasteiger partial charge is 0.250 e. The number of carbonyl (C=O) groups is 1. The lowest BCUT2D eigenvalue weighted by molar-refractivity contribution is -0.118. The molecule has 0 unspecified atom stereocenters. The highest BCUT2D eigenvalue weighted by Gasteiger charge is 2.14. The molecular formula is C23H18Cl2N4OS. The molecule has 0 radical (unpaired) electrons. The van der Waals surface area contributed by atoms with Crippen molar-refractivity contribution in [3.63, 3.8) is 0 Å². The molecule has 3 aromatic carbocycles. The Kier molecular flexibility index (Phi) is 6.92. The van der Waals surface area contributed by atoms with Gasteiger partial charge in [0.1, 0.15) is 0 Å². The van der Waals surface area contributed by atoms with Crippen molar-refractivity contribution in [3.8, 4) is 0 Å². The monoisotopic (exact) mass is 468 g/mol. The van der Waals surface area contributed by atoms with Gasteiger partial charge in [-0.25, -0.2) is 10.4 Å². The molecule has 0 bridgehead atoms. The van der Waals surface area contributed by atoms with Gasteiger partial charge in [0, 0.05) is 15.6 Å². The fourth-order valence-electron chi connectivity index (χ4n) is 3.03. The lowest BCUT2D eigenvalue weighted by Gasteiger charge is -2.10. The van der Waals surface area contributed by atoms with Crippen LogP contribution >= 0.6 is 35.0 Å². The number of thioether (sulfide) groups is 1. The number of benzene rings is 3. The lowest BCUT2D eigenvalue weighted by atomic mass is 10.2. The molecule has 0 atom stereocenters. The molecule has 4 aromatic rings. The topological polar surface area (TPSA) is 59.3 Å². The fraction of sp³-hybridized carbons (Fsp3) is 0.0870. The molecule has 8 heteroatoms. The Morgan fingerprint density at radius 3 is 2.52 bits per heavy atom. The number of imidazole rings is 1. The molecule has 1 N–H and O–H groups in total. The summed E-state index contributed by atoms with van der Waals surface area (Å²) >= 11 is 13.8. The van der Waals surface area contributed by atoms with Gasteiger partial charge in [0.2, 0.25) is 0 Å². The maximum absolute atomic E-state index is 12.3. The molecule has 1 amide bonds. The van der Waals surface area contributed by atoms with E-state index in [1.165, 1.54) is 18.0 Å². The van der Waals surface area contributed by atoms with Crippen LogP contribution in [0.15, 0.2) is 83.1 Å². The van der Waals surface area contributed by atoms with E-state index in [-0.39, 0.29) is 11.7 Å². The second-order valence-corrected chi connectivity index (χ2v) is 8.42. The van der Waals surface area contributed by atoms with Crippen LogP contribution in [-0.2, 0) is 11.3 Å². The Morgan fingerprint density at radius 1 is 1.00 bits per heavy atom. The van der Waals surface area contributed by atoms with Gasteiger partial charge in [0.05, 0.1) is 29.5 Å². The van der Waals surface area contributed by atoms with Gasteiger partial charge >= 0.3 is 0 Å². The predicted octanol–water partition coefficient (Wildman–Crippen LogP) is 5.63. The van der Waals surface area contributed by atoms with Crippen LogP contribution in [0.4, 0.5) is 0 Å². The van der Waals surface area contributed by atoms with E-state index in [1.54, 1.807) is 6.07 Å². The average Bonchev–Trinajstić information content (AvgIpc) is 3.13. The van der Waals surface area contributed by atoms with Gasteiger partial charge in [0.15, 0.2) is 5.16 Å². The highest BCUT2D eigenvalue weighted by molar-refractivity contribution is 7.99. The van der Waals surface area contributed by atoms with Crippen molar-refractivity contribution in [2.75, 3.05) is 5.75 Å². The minimum atomic E-state index is -0.232. The van der Waals surface area contributed by atoms with Crippen molar-refractivity contribution in [3.05, 3.63) is 94.0 Å². The largest absolute Gasteiger partial charge is 0.314 e. The van der Waals surface area contributed by atoms with Gasteiger partial charge in [-0.3, -0.25) is 4.79 Å². The van der Waals surface area contributed by atoms with Crippen molar-refractivity contribution < 1.29 is 4.79 Å². The first-order valence-corrected chi connectivity index (χ1v) is 11.2. The number of nitrogens with one attached hydrogen (secondary N) is 1. The van der Waals surface area contributed by atoms with Crippen LogP contribution in [0, 0.1) is 0 Å². The number of rotatable bonds is 7. The Morgan fingerprint density at radius 2 is 1.71 bits per heavy atom. The van der Waals surface area contributed by atoms with Crippen molar-refractivity contribution >= 4 is 58.1 Å². The first-order valence-electron chi connectivity index (χ1n) is 9.50. The van der Waals surface area contributed by atoms with E-state index in [1.807, 2.05) is 66.7 Å². The van der Waals surface area contributed by atoms with E-state index in [2.05, 4.69) is 15.1 Å². The van der Waals surface area contributed by atoms with E-state index >= 15 is 0 Å². The zero-order valence-electron chi connectivity index (χ0n) is 16.3. The quantitative estimate of drug-likeness (QED) is 0.217. The summed E-state index contributed by atoms with van der Waals surface area (Å²) in [6.07, 6.45) is 1.53. The van der Waals surface area contributed by atoms with E-state index < -0.39 is 0 Å². The number of aromatic nitrogens is 2. The summed E-state index contributed by atoms with van der Waals surface area (Å²) in [5, 5.41) is 6.00. The molecule has 0 aliphatic rings. The molecule has 0 spiro atoms. The van der Waals surface area contributed by atoms with Crippen LogP contribution in [0.5, 0.6) is 0 Å². The summed E-state index contributed by atoms with van der Waals surface area (Å²) in [5.74, 6) is -0.0595. The predicted molar refractivity (Wildman–Crippen MR) is 128 cm³/mol. The minimum Gasteiger partial charge on any atom is -0.314 e. The van der Waals surface area contributed by atoms with Crippen LogP contribution in [0.1, 0.15) is 11.1 Å². The first-order chi connectivity index (χ1) is 15.1. The molecular weight excluding hydrogens is 451 g/mol. The second-order valence-electron chi connectivity index (χ2n) is 6.66. The van der Waals surface area contributed by atoms with Gasteiger partial charge in [0.25, 0.3) is 5.91 Å². The third-order valence-electron chi connectivity index (χ3n) is 4.54. The third kappa shape index (κ3) is 5.28. The maximum atomic E-state index is 12.3. The van der Waals surface area contributed by atoms with Crippen molar-refractivity contribution in [1.29, 1.82) is 0 Å². The van der Waals surface area contributed by atoms with Crippen LogP contribution in [0.3, 0.4) is 0 Å². The summed E-state index contributed by atoms with van der Waals surface area (Å²) in [7, 11) is 0. The Bertz CT molecular complexity index is 1260. The van der Waals surface area contributed by atoms with E-state index in [4.69, 9.17) is 28.2 Å². The summed E-state index contributed by atoms with van der Waals surface area (Å²) in [6.45, 7) is 0.564. The Hall–Kier alpha value is -2.80. The average molecular weight is 469 g/mol. The number of hydrazone groups is 1. The number of carbonyl (C=O) groups excluding carboxylic acids is 1. The molecule has 0 saturated carbocycles. The van der Waals surface area contributed by atoms with Crippen LogP contribution in [0.2, 0.25) is 10.0 Å². The standard InChI is InChI=1S/C23H18Cl2N4OS/c24-18-9-3-1-7-16(18)13-26-28-22(30)15-31-23-27-20-11-5-6-12-21(20)29(23)14-17-8-2-4-10-19(17)25/h1-13H,14-15H2,(H,28,30). The lowest BCUT2D eigenvalue weighted by Crippen LogP contribution is -2.20. The number of halogens is 2. The summed E-state index contributed by atoms with van der Waals surface area (Å²) in [6, 6.07) is 22.9. The van der Waals surface area contributed by atoms with E-state index in [0.29, 0.717) is 16.6 Å². The number of para-hydroxylation sites is 2. The zero-order chi connectivity index (χ0) is 21.6. The number of hydrogen-bond acceptors (Lipinski definition) is 4. The molecule has 156 valence electrons. The molecule has 0 aliphatic carbocycles. The molecule has 1 heterocycles. The van der Waals surface area contributed by atoms with Gasteiger partial charge < -0.3 is 4.57 Å².